The summed E-state index contributed by atoms with van der Waals surface area (Å²) in [6, 6.07) is 4.57. The van der Waals surface area contributed by atoms with Crippen LogP contribution in [-0.4, -0.2) is 24.3 Å². The molecular formula is C15H21O5P. The number of ether oxygens (including phenoxy) is 1. The summed E-state index contributed by atoms with van der Waals surface area (Å²) in [4.78, 5) is 22.9. The van der Waals surface area contributed by atoms with Gasteiger partial charge in [-0.15, -0.1) is 0 Å². The van der Waals surface area contributed by atoms with Crippen LogP contribution in [0.3, 0.4) is 0 Å². The molecule has 2 atom stereocenters. The molecule has 0 amide bonds. The van der Waals surface area contributed by atoms with E-state index in [1.54, 1.807) is 6.07 Å². The molecule has 0 aliphatic rings. The van der Waals surface area contributed by atoms with E-state index in [4.69, 9.17) is 0 Å². The van der Waals surface area contributed by atoms with Crippen LogP contribution in [0.1, 0.15) is 43.1 Å². The lowest BCUT2D eigenvalue weighted by molar-refractivity contribution is -0.165. The Hall–Kier alpha value is -1.45. The Morgan fingerprint density at radius 2 is 2.10 bits per heavy atom. The van der Waals surface area contributed by atoms with Crippen molar-refractivity contribution in [3.63, 3.8) is 0 Å². The van der Waals surface area contributed by atoms with Crippen molar-refractivity contribution in [1.29, 1.82) is 0 Å². The Balaban J connectivity index is 3.31. The Bertz CT molecular complexity index is 541. The fourth-order valence-corrected chi connectivity index (χ4v) is 3.53. The lowest BCUT2D eigenvalue weighted by atomic mass is 9.77. The van der Waals surface area contributed by atoms with E-state index in [0.717, 1.165) is 0 Å². The van der Waals surface area contributed by atoms with Crippen molar-refractivity contribution in [1.82, 2.24) is 0 Å². The molecule has 0 bridgehead atoms. The lowest BCUT2D eigenvalue weighted by Gasteiger charge is -2.29. The van der Waals surface area contributed by atoms with Gasteiger partial charge in [-0.1, -0.05) is 31.4 Å². The fraction of sp³-hybridized carbons (Fsp3) is 0.533. The quantitative estimate of drug-likeness (QED) is 0.644. The van der Waals surface area contributed by atoms with Crippen LogP contribution in [0, 0.1) is 5.92 Å². The van der Waals surface area contributed by atoms with Gasteiger partial charge in [-0.05, 0) is 30.0 Å². The van der Waals surface area contributed by atoms with Crippen molar-refractivity contribution in [2.24, 2.45) is 5.92 Å². The molecule has 6 heteroatoms. The third-order valence-corrected chi connectivity index (χ3v) is 4.39. The topological polar surface area (TPSA) is 86.7 Å². The van der Waals surface area contributed by atoms with Gasteiger partial charge in [-0.3, -0.25) is 0 Å². The van der Waals surface area contributed by atoms with Crippen molar-refractivity contribution in [2.45, 2.75) is 32.6 Å². The summed E-state index contributed by atoms with van der Waals surface area (Å²) in [5.74, 6) is -0.530. The van der Waals surface area contributed by atoms with Crippen LogP contribution < -0.4 is 4.89 Å². The Kier molecular flexibility index (Phi) is 5.87. The second-order valence-electron chi connectivity index (χ2n) is 5.87. The molecule has 1 aromatic rings. The molecule has 0 radical (unpaired) electrons. The first-order valence-corrected chi connectivity index (χ1v) is 8.09. The highest BCUT2D eigenvalue weighted by molar-refractivity contribution is 7.36. The molecular weight excluding hydrogens is 291 g/mol. The van der Waals surface area contributed by atoms with E-state index in [0.29, 0.717) is 17.9 Å². The maximum Gasteiger partial charge on any atom is 0.341 e. The molecule has 5 nitrogen and oxygen atoms in total. The third-order valence-electron chi connectivity index (χ3n) is 3.44. The van der Waals surface area contributed by atoms with Gasteiger partial charge in [0.25, 0.3) is 0 Å². The van der Waals surface area contributed by atoms with Crippen LogP contribution in [0.15, 0.2) is 18.2 Å². The Morgan fingerprint density at radius 1 is 1.48 bits per heavy atom. The number of methoxy groups -OCH3 is 1. The first kappa shape index (κ1) is 17.6. The largest absolute Gasteiger partial charge is 0.596 e. The Labute approximate surface area is 125 Å². The van der Waals surface area contributed by atoms with Crippen LogP contribution in [0.5, 0.6) is 5.75 Å². The van der Waals surface area contributed by atoms with Gasteiger partial charge in [0, 0.05) is 5.41 Å². The van der Waals surface area contributed by atoms with E-state index in [1.165, 1.54) is 19.2 Å². The van der Waals surface area contributed by atoms with Gasteiger partial charge < -0.3 is 14.7 Å². The van der Waals surface area contributed by atoms with Gasteiger partial charge in [-0.2, -0.15) is 0 Å². The van der Waals surface area contributed by atoms with Gasteiger partial charge in [0.15, 0.2) is 6.16 Å². The monoisotopic (exact) mass is 312 g/mol. The summed E-state index contributed by atoms with van der Waals surface area (Å²) in [6.07, 6.45) is 0.646. The summed E-state index contributed by atoms with van der Waals surface area (Å²) >= 11 is 0. The molecule has 0 heterocycles. The molecule has 0 aliphatic carbocycles. The number of phenolic OH excluding ortho intramolecular Hbond substituents is 1. The number of hydrogen-bond acceptors (Lipinski definition) is 5. The van der Waals surface area contributed by atoms with Crippen molar-refractivity contribution in [3.8, 4) is 5.75 Å². The summed E-state index contributed by atoms with van der Waals surface area (Å²) in [7, 11) is -1.33. The average molecular weight is 312 g/mol. The molecule has 1 aromatic carbocycles. The number of benzene rings is 1. The van der Waals surface area contributed by atoms with Crippen molar-refractivity contribution in [3.05, 3.63) is 29.3 Å². The highest BCUT2D eigenvalue weighted by Gasteiger charge is 2.34. The molecule has 0 aromatic heterocycles. The first-order chi connectivity index (χ1) is 9.69. The van der Waals surface area contributed by atoms with Gasteiger partial charge in [0.05, 0.1) is 7.11 Å². The molecule has 0 aliphatic heterocycles. The maximum absolute atomic E-state index is 11.7. The number of aromatic hydroxyl groups is 1. The molecule has 1 N–H and O–H groups in total. The van der Waals surface area contributed by atoms with Gasteiger partial charge >= 0.3 is 14.0 Å². The maximum atomic E-state index is 11.7. The summed E-state index contributed by atoms with van der Waals surface area (Å²) in [5, 5.41) is 9.75. The second-order valence-corrected chi connectivity index (χ2v) is 6.85. The van der Waals surface area contributed by atoms with Crippen LogP contribution in [0.2, 0.25) is 0 Å². The zero-order valence-corrected chi connectivity index (χ0v) is 13.6. The minimum Gasteiger partial charge on any atom is -0.596 e. The highest BCUT2D eigenvalue weighted by atomic mass is 31.1. The minimum atomic E-state index is -2.56. The van der Waals surface area contributed by atoms with Crippen molar-refractivity contribution < 1.29 is 24.1 Å². The van der Waals surface area contributed by atoms with Crippen molar-refractivity contribution >= 4 is 14.0 Å². The first-order valence-electron chi connectivity index (χ1n) is 6.73. The number of phenols is 1. The van der Waals surface area contributed by atoms with E-state index in [-0.39, 0.29) is 17.5 Å². The number of carbonyl (C=O) groups is 1. The van der Waals surface area contributed by atoms with Crippen LogP contribution in [0.25, 0.3) is 0 Å². The zero-order chi connectivity index (χ0) is 16.2. The zero-order valence-electron chi connectivity index (χ0n) is 12.8. The molecule has 0 saturated carbocycles. The molecule has 0 saturated heterocycles. The molecule has 0 spiro atoms. The lowest BCUT2D eigenvalue weighted by Crippen LogP contribution is -2.28. The van der Waals surface area contributed by atoms with Crippen LogP contribution in [-0.2, 0) is 14.7 Å². The SMILES string of the molecule is COC(=O)c1cc(C(C)(CC(C)C)C[P+](=O)[O-])ccc1O. The minimum absolute atomic E-state index is 0.00803. The molecule has 2 unspecified atom stereocenters. The third kappa shape index (κ3) is 4.51. The molecule has 0 fully saturated rings. The number of carbonyl (C=O) groups excluding carboxylic acids is 1. The van der Waals surface area contributed by atoms with E-state index < -0.39 is 19.4 Å². The predicted molar refractivity (Wildman–Crippen MR) is 78.7 cm³/mol. The molecule has 21 heavy (non-hydrogen) atoms. The van der Waals surface area contributed by atoms with E-state index in [1.807, 2.05) is 20.8 Å². The smallest absolute Gasteiger partial charge is 0.341 e. The standard InChI is InChI=1S/C15H21O5P/c1-10(2)8-15(3,9-21(18)19)11-5-6-13(16)12(7-11)14(17)20-4/h5-7,10,16H,8-9H2,1-4H3. The second kappa shape index (κ2) is 7.01. The molecule has 116 valence electrons. The van der Waals surface area contributed by atoms with Gasteiger partial charge in [0.2, 0.25) is 0 Å². The summed E-state index contributed by atoms with van der Waals surface area (Å²) in [6.45, 7) is 5.88. The number of esters is 1. The average Bonchev–Trinajstić information content (AvgIpc) is 2.36. The normalized spacial score (nSPS) is 14.7. The highest BCUT2D eigenvalue weighted by Crippen LogP contribution is 2.38. The van der Waals surface area contributed by atoms with Crippen LogP contribution >= 0.6 is 8.03 Å². The Morgan fingerprint density at radius 3 is 2.57 bits per heavy atom. The van der Waals surface area contributed by atoms with Gasteiger partial charge in [0.1, 0.15) is 11.3 Å². The summed E-state index contributed by atoms with van der Waals surface area (Å²) < 4.78 is 15.8. The van der Waals surface area contributed by atoms with Gasteiger partial charge in [-0.25, -0.2) is 4.79 Å². The fourth-order valence-electron chi connectivity index (χ4n) is 2.64. The number of hydrogen-bond donors (Lipinski definition) is 1. The predicted octanol–water partition coefficient (Wildman–Crippen LogP) is 2.59. The van der Waals surface area contributed by atoms with Crippen LogP contribution in [0.4, 0.5) is 0 Å². The van der Waals surface area contributed by atoms with E-state index >= 15 is 0 Å². The molecule has 1 rings (SSSR count). The summed E-state index contributed by atoms with van der Waals surface area (Å²) in [5.41, 5.74) is 0.138. The van der Waals surface area contributed by atoms with Crippen molar-refractivity contribution in [2.75, 3.05) is 13.3 Å². The van der Waals surface area contributed by atoms with E-state index in [2.05, 4.69) is 4.74 Å². The van der Waals surface area contributed by atoms with E-state index in [9.17, 15) is 19.4 Å². The number of rotatable bonds is 6.